The van der Waals surface area contributed by atoms with Crippen LogP contribution < -0.4 is 5.32 Å². The Bertz CT molecular complexity index is 805. The van der Waals surface area contributed by atoms with E-state index in [-0.39, 0.29) is 11.9 Å². The van der Waals surface area contributed by atoms with Crippen LogP contribution in [0.3, 0.4) is 0 Å². The number of aryl methyl sites for hydroxylation is 2. The standard InChI is InChI=1S/C22H28N4O/c1-16-18-9-5-10-19(18)25-21(24-16)12-13-23-22(27)20-11-6-14-26(20)15-17-7-3-2-4-8-17/h2-4,7-8,20H,5-6,9-15H2,1H3,(H,23,27)/t20-/m0/s1. The minimum absolute atomic E-state index is 0.0205. The monoisotopic (exact) mass is 364 g/mol. The molecule has 5 nitrogen and oxygen atoms in total. The summed E-state index contributed by atoms with van der Waals surface area (Å²) in [5.41, 5.74) is 4.93. The first-order chi connectivity index (χ1) is 13.2. The third-order valence-electron chi connectivity index (χ3n) is 5.73. The predicted molar refractivity (Wildman–Crippen MR) is 105 cm³/mol. The van der Waals surface area contributed by atoms with Gasteiger partial charge in [0.15, 0.2) is 0 Å². The number of carbonyl (C=O) groups excluding carboxylic acids is 1. The maximum Gasteiger partial charge on any atom is 0.237 e. The van der Waals surface area contributed by atoms with Crippen molar-refractivity contribution in [2.45, 2.75) is 58.0 Å². The lowest BCUT2D eigenvalue weighted by Gasteiger charge is -2.23. The van der Waals surface area contributed by atoms with Crippen molar-refractivity contribution in [1.82, 2.24) is 20.2 Å². The zero-order valence-electron chi connectivity index (χ0n) is 16.1. The topological polar surface area (TPSA) is 58.1 Å². The molecule has 1 aromatic heterocycles. The van der Waals surface area contributed by atoms with Crippen molar-refractivity contribution in [3.05, 3.63) is 58.7 Å². The SMILES string of the molecule is Cc1nc(CCNC(=O)[C@@H]2CCCN2Cc2ccccc2)nc2c1CCC2. The molecule has 1 saturated heterocycles. The van der Waals surface area contributed by atoms with Crippen molar-refractivity contribution in [2.24, 2.45) is 0 Å². The van der Waals surface area contributed by atoms with Gasteiger partial charge < -0.3 is 5.32 Å². The van der Waals surface area contributed by atoms with Gasteiger partial charge in [-0.3, -0.25) is 9.69 Å². The van der Waals surface area contributed by atoms with Gasteiger partial charge in [0, 0.05) is 30.9 Å². The molecule has 0 bridgehead atoms. The molecule has 0 saturated carbocycles. The van der Waals surface area contributed by atoms with Crippen molar-refractivity contribution in [3.63, 3.8) is 0 Å². The average molecular weight is 364 g/mol. The van der Waals surface area contributed by atoms with E-state index in [0.717, 1.165) is 50.3 Å². The summed E-state index contributed by atoms with van der Waals surface area (Å²) < 4.78 is 0. The highest BCUT2D eigenvalue weighted by atomic mass is 16.2. The quantitative estimate of drug-likeness (QED) is 0.856. The molecule has 27 heavy (non-hydrogen) atoms. The van der Waals surface area contributed by atoms with Crippen LogP contribution in [0.2, 0.25) is 0 Å². The number of benzene rings is 1. The molecule has 0 radical (unpaired) electrons. The van der Waals surface area contributed by atoms with Crippen LogP contribution in [0.4, 0.5) is 0 Å². The third kappa shape index (κ3) is 4.19. The largest absolute Gasteiger partial charge is 0.354 e. The zero-order chi connectivity index (χ0) is 18.6. The van der Waals surface area contributed by atoms with Crippen LogP contribution in [0.5, 0.6) is 0 Å². The number of carbonyl (C=O) groups is 1. The average Bonchev–Trinajstić information content (AvgIpc) is 3.32. The number of hydrogen-bond donors (Lipinski definition) is 1. The van der Waals surface area contributed by atoms with Gasteiger partial charge in [-0.15, -0.1) is 0 Å². The molecular formula is C22H28N4O. The van der Waals surface area contributed by atoms with Crippen molar-refractivity contribution in [3.8, 4) is 0 Å². The van der Waals surface area contributed by atoms with Crippen molar-refractivity contribution < 1.29 is 4.79 Å². The molecule has 1 aliphatic carbocycles. The van der Waals surface area contributed by atoms with E-state index in [1.165, 1.54) is 23.2 Å². The first kappa shape index (κ1) is 18.1. The van der Waals surface area contributed by atoms with E-state index in [4.69, 9.17) is 4.98 Å². The lowest BCUT2D eigenvalue weighted by molar-refractivity contribution is -0.125. The number of likely N-dealkylation sites (tertiary alicyclic amines) is 1. The molecule has 2 aromatic rings. The Morgan fingerprint density at radius 3 is 2.89 bits per heavy atom. The van der Waals surface area contributed by atoms with E-state index in [1.807, 2.05) is 6.07 Å². The molecule has 0 spiro atoms. The smallest absolute Gasteiger partial charge is 0.237 e. The van der Waals surface area contributed by atoms with E-state index in [1.54, 1.807) is 0 Å². The fourth-order valence-corrected chi connectivity index (χ4v) is 4.34. The molecule has 1 amide bonds. The van der Waals surface area contributed by atoms with Gasteiger partial charge in [-0.05, 0) is 56.7 Å². The molecule has 1 N–H and O–H groups in total. The van der Waals surface area contributed by atoms with Gasteiger partial charge >= 0.3 is 0 Å². The predicted octanol–water partition coefficient (Wildman–Crippen LogP) is 2.60. The highest BCUT2D eigenvalue weighted by Gasteiger charge is 2.30. The van der Waals surface area contributed by atoms with Gasteiger partial charge in [-0.2, -0.15) is 0 Å². The number of fused-ring (bicyclic) bond motifs is 1. The van der Waals surface area contributed by atoms with Gasteiger partial charge in [0.2, 0.25) is 5.91 Å². The maximum absolute atomic E-state index is 12.7. The molecule has 1 atom stereocenters. The van der Waals surface area contributed by atoms with E-state index in [2.05, 4.69) is 46.4 Å². The molecule has 1 aromatic carbocycles. The van der Waals surface area contributed by atoms with Gasteiger partial charge in [0.25, 0.3) is 0 Å². The minimum Gasteiger partial charge on any atom is -0.354 e. The Hall–Kier alpha value is -2.27. The fourth-order valence-electron chi connectivity index (χ4n) is 4.34. The maximum atomic E-state index is 12.7. The lowest BCUT2D eigenvalue weighted by atomic mass is 10.1. The summed E-state index contributed by atoms with van der Waals surface area (Å²) in [6, 6.07) is 10.4. The second-order valence-corrected chi connectivity index (χ2v) is 7.66. The molecule has 142 valence electrons. The Morgan fingerprint density at radius 1 is 1.19 bits per heavy atom. The van der Waals surface area contributed by atoms with Crippen molar-refractivity contribution >= 4 is 5.91 Å². The van der Waals surface area contributed by atoms with Crippen LogP contribution in [0.25, 0.3) is 0 Å². The van der Waals surface area contributed by atoms with E-state index < -0.39 is 0 Å². The Labute approximate surface area is 161 Å². The zero-order valence-corrected chi connectivity index (χ0v) is 16.1. The summed E-state index contributed by atoms with van der Waals surface area (Å²) in [5.74, 6) is 1.00. The van der Waals surface area contributed by atoms with Crippen molar-refractivity contribution in [2.75, 3.05) is 13.1 Å². The highest BCUT2D eigenvalue weighted by Crippen LogP contribution is 2.22. The molecule has 0 unspecified atom stereocenters. The molecule has 2 aliphatic rings. The van der Waals surface area contributed by atoms with Crippen LogP contribution >= 0.6 is 0 Å². The third-order valence-corrected chi connectivity index (χ3v) is 5.73. The molecule has 1 aliphatic heterocycles. The second-order valence-electron chi connectivity index (χ2n) is 7.66. The summed E-state index contributed by atoms with van der Waals surface area (Å²) in [7, 11) is 0. The summed E-state index contributed by atoms with van der Waals surface area (Å²) in [6.07, 6.45) is 6.08. The summed E-state index contributed by atoms with van der Waals surface area (Å²) in [6.45, 7) is 4.51. The van der Waals surface area contributed by atoms with Crippen LogP contribution in [0.15, 0.2) is 30.3 Å². The number of nitrogens with one attached hydrogen (secondary N) is 1. The van der Waals surface area contributed by atoms with Crippen LogP contribution in [-0.4, -0.2) is 39.9 Å². The Balaban J connectivity index is 1.31. The fraction of sp³-hybridized carbons (Fsp3) is 0.500. The number of amides is 1. The Morgan fingerprint density at radius 2 is 2.04 bits per heavy atom. The number of hydrogen-bond acceptors (Lipinski definition) is 4. The molecule has 5 heteroatoms. The van der Waals surface area contributed by atoms with E-state index in [0.29, 0.717) is 13.0 Å². The number of rotatable bonds is 6. The lowest BCUT2D eigenvalue weighted by Crippen LogP contribution is -2.43. The second kappa shape index (κ2) is 8.17. The van der Waals surface area contributed by atoms with Crippen LogP contribution in [0.1, 0.15) is 47.6 Å². The summed E-state index contributed by atoms with van der Waals surface area (Å²) >= 11 is 0. The van der Waals surface area contributed by atoms with E-state index in [9.17, 15) is 4.79 Å². The summed E-state index contributed by atoms with van der Waals surface area (Å²) in [4.78, 5) is 24.3. The highest BCUT2D eigenvalue weighted by molar-refractivity contribution is 5.82. The van der Waals surface area contributed by atoms with Gasteiger partial charge in [0.1, 0.15) is 5.82 Å². The summed E-state index contributed by atoms with van der Waals surface area (Å²) in [5, 5.41) is 3.12. The van der Waals surface area contributed by atoms with Gasteiger partial charge in [-0.25, -0.2) is 9.97 Å². The first-order valence-electron chi connectivity index (χ1n) is 10.1. The number of nitrogens with zero attached hydrogens (tertiary/aromatic N) is 3. The molecule has 1 fully saturated rings. The minimum atomic E-state index is -0.0205. The molecule has 2 heterocycles. The normalized spacial score (nSPS) is 19.2. The molecular weight excluding hydrogens is 336 g/mol. The van der Waals surface area contributed by atoms with E-state index >= 15 is 0 Å². The van der Waals surface area contributed by atoms with Crippen LogP contribution in [-0.2, 0) is 30.6 Å². The van der Waals surface area contributed by atoms with Crippen molar-refractivity contribution in [1.29, 1.82) is 0 Å². The van der Waals surface area contributed by atoms with Crippen LogP contribution in [0, 0.1) is 6.92 Å². The van der Waals surface area contributed by atoms with Gasteiger partial charge in [-0.1, -0.05) is 30.3 Å². The van der Waals surface area contributed by atoms with Gasteiger partial charge in [0.05, 0.1) is 6.04 Å². The first-order valence-corrected chi connectivity index (χ1v) is 10.1. The number of aromatic nitrogens is 2. The Kier molecular flexibility index (Phi) is 5.48. The molecule has 4 rings (SSSR count).